The number of benzene rings is 3. The first kappa shape index (κ1) is 22.0. The highest BCUT2D eigenvalue weighted by atomic mass is 16.6. The van der Waals surface area contributed by atoms with Gasteiger partial charge >= 0.3 is 0 Å². The molecule has 5 rings (SSSR count). The molecule has 2 aliphatic rings. The molecule has 0 unspecified atom stereocenters. The number of hydrogen-bond acceptors (Lipinski definition) is 4. The van der Waals surface area contributed by atoms with E-state index in [-0.39, 0.29) is 0 Å². The van der Waals surface area contributed by atoms with Gasteiger partial charge in [-0.05, 0) is 61.2 Å². The molecular formula is C29H34N2O2. The van der Waals surface area contributed by atoms with E-state index in [1.54, 1.807) is 0 Å². The van der Waals surface area contributed by atoms with Crippen LogP contribution in [0.25, 0.3) is 0 Å². The molecule has 0 spiro atoms. The first-order valence-electron chi connectivity index (χ1n) is 12.3. The van der Waals surface area contributed by atoms with E-state index < -0.39 is 0 Å². The summed E-state index contributed by atoms with van der Waals surface area (Å²) in [6, 6.07) is 28.8. The summed E-state index contributed by atoms with van der Waals surface area (Å²) in [5.41, 5.74) is 4.14. The predicted molar refractivity (Wildman–Crippen MR) is 133 cm³/mol. The minimum Gasteiger partial charge on any atom is -0.486 e. The van der Waals surface area contributed by atoms with Crippen LogP contribution < -0.4 is 9.47 Å². The van der Waals surface area contributed by atoms with Crippen molar-refractivity contribution in [1.82, 2.24) is 9.80 Å². The molecule has 2 heterocycles. The maximum absolute atomic E-state index is 5.77. The third-order valence-electron chi connectivity index (χ3n) is 6.85. The number of likely N-dealkylation sites (tertiary alicyclic amines) is 1. The zero-order valence-corrected chi connectivity index (χ0v) is 19.4. The molecule has 4 heteroatoms. The van der Waals surface area contributed by atoms with Crippen LogP contribution in [0.1, 0.15) is 29.5 Å². The number of nitrogens with zero attached hydrogens (tertiary/aromatic N) is 2. The molecule has 0 radical (unpaired) electrons. The third kappa shape index (κ3) is 5.95. The molecule has 3 aromatic carbocycles. The zero-order valence-electron chi connectivity index (χ0n) is 19.4. The van der Waals surface area contributed by atoms with Crippen molar-refractivity contribution in [3.05, 3.63) is 95.6 Å². The largest absolute Gasteiger partial charge is 0.486 e. The van der Waals surface area contributed by atoms with Gasteiger partial charge in [0.05, 0.1) is 0 Å². The second kappa shape index (κ2) is 10.9. The highest BCUT2D eigenvalue weighted by Gasteiger charge is 2.25. The van der Waals surface area contributed by atoms with E-state index in [0.717, 1.165) is 50.6 Å². The molecule has 0 saturated carbocycles. The molecule has 2 aliphatic heterocycles. The average Bonchev–Trinajstić information content (AvgIpc) is 2.88. The SMILES string of the molecule is c1ccc(CCN(Cc2ccccc2)C2CCN(Cc3ccc4c(c3)OCCO4)CC2)cc1. The number of hydrogen-bond donors (Lipinski definition) is 0. The Morgan fingerprint density at radius 1 is 0.727 bits per heavy atom. The molecule has 33 heavy (non-hydrogen) atoms. The molecule has 0 aromatic heterocycles. The lowest BCUT2D eigenvalue weighted by molar-refractivity contribution is 0.0995. The van der Waals surface area contributed by atoms with Crippen molar-refractivity contribution in [2.45, 2.75) is 38.4 Å². The van der Waals surface area contributed by atoms with Gasteiger partial charge in [0.2, 0.25) is 0 Å². The van der Waals surface area contributed by atoms with Gasteiger partial charge in [-0.2, -0.15) is 0 Å². The lowest BCUT2D eigenvalue weighted by Crippen LogP contribution is -2.45. The summed E-state index contributed by atoms with van der Waals surface area (Å²) in [6.07, 6.45) is 3.53. The van der Waals surface area contributed by atoms with Crippen LogP contribution in [0, 0.1) is 0 Å². The summed E-state index contributed by atoms with van der Waals surface area (Å²) in [7, 11) is 0. The van der Waals surface area contributed by atoms with Crippen molar-refractivity contribution in [1.29, 1.82) is 0 Å². The van der Waals surface area contributed by atoms with Gasteiger partial charge in [-0.25, -0.2) is 0 Å². The smallest absolute Gasteiger partial charge is 0.161 e. The first-order valence-corrected chi connectivity index (χ1v) is 12.3. The minimum absolute atomic E-state index is 0.630. The molecule has 1 saturated heterocycles. The van der Waals surface area contributed by atoms with Gasteiger partial charge in [-0.3, -0.25) is 9.80 Å². The normalized spacial score (nSPS) is 16.8. The van der Waals surface area contributed by atoms with Crippen molar-refractivity contribution in [2.24, 2.45) is 0 Å². The van der Waals surface area contributed by atoms with E-state index in [4.69, 9.17) is 9.47 Å². The molecular weight excluding hydrogens is 408 g/mol. The zero-order chi connectivity index (χ0) is 22.3. The summed E-state index contributed by atoms with van der Waals surface area (Å²) < 4.78 is 11.4. The Hall–Kier alpha value is -2.82. The standard InChI is InChI=1S/C29H34N2O2/c1-3-7-24(8-4-1)13-18-31(23-25-9-5-2-6-10-25)27-14-16-30(17-15-27)22-26-11-12-28-29(21-26)33-20-19-32-28/h1-12,21,27H,13-20,22-23H2. The van der Waals surface area contributed by atoms with Gasteiger partial charge in [0.25, 0.3) is 0 Å². The summed E-state index contributed by atoms with van der Waals surface area (Å²) >= 11 is 0. The van der Waals surface area contributed by atoms with Crippen molar-refractivity contribution in [3.8, 4) is 11.5 Å². The fourth-order valence-electron chi connectivity index (χ4n) is 5.01. The Bertz CT molecular complexity index is 1000. The lowest BCUT2D eigenvalue weighted by atomic mass is 10.0. The van der Waals surface area contributed by atoms with Crippen molar-refractivity contribution in [3.63, 3.8) is 0 Å². The van der Waals surface area contributed by atoms with Crippen molar-refractivity contribution in [2.75, 3.05) is 32.8 Å². The highest BCUT2D eigenvalue weighted by Crippen LogP contribution is 2.31. The summed E-state index contributed by atoms with van der Waals surface area (Å²) in [4.78, 5) is 5.30. The number of piperidine rings is 1. The maximum Gasteiger partial charge on any atom is 0.161 e. The van der Waals surface area contributed by atoms with E-state index in [9.17, 15) is 0 Å². The Morgan fingerprint density at radius 3 is 2.12 bits per heavy atom. The van der Waals surface area contributed by atoms with Gasteiger partial charge in [0.15, 0.2) is 11.5 Å². The molecule has 1 fully saturated rings. The molecule has 172 valence electrons. The lowest BCUT2D eigenvalue weighted by Gasteiger charge is -2.39. The molecule has 0 atom stereocenters. The van der Waals surface area contributed by atoms with Crippen molar-refractivity contribution < 1.29 is 9.47 Å². The molecule has 0 N–H and O–H groups in total. The van der Waals surface area contributed by atoms with Crippen molar-refractivity contribution >= 4 is 0 Å². The van der Waals surface area contributed by atoms with E-state index in [0.29, 0.717) is 19.3 Å². The monoisotopic (exact) mass is 442 g/mol. The second-order valence-corrected chi connectivity index (χ2v) is 9.18. The molecule has 4 nitrogen and oxygen atoms in total. The third-order valence-corrected chi connectivity index (χ3v) is 6.85. The maximum atomic E-state index is 5.77. The van der Waals surface area contributed by atoms with Crippen LogP contribution in [0.2, 0.25) is 0 Å². The first-order chi connectivity index (χ1) is 16.3. The number of fused-ring (bicyclic) bond motifs is 1. The summed E-state index contributed by atoms with van der Waals surface area (Å²) in [5.74, 6) is 1.77. The van der Waals surface area contributed by atoms with Gasteiger partial charge in [0.1, 0.15) is 13.2 Å². The minimum atomic E-state index is 0.630. The van der Waals surface area contributed by atoms with Crippen LogP contribution >= 0.6 is 0 Å². The van der Waals surface area contributed by atoms with Crippen LogP contribution in [0.3, 0.4) is 0 Å². The highest BCUT2D eigenvalue weighted by molar-refractivity contribution is 5.43. The van der Waals surface area contributed by atoms with Gasteiger partial charge in [0, 0.05) is 25.7 Å². The van der Waals surface area contributed by atoms with Crippen LogP contribution in [0.5, 0.6) is 11.5 Å². The van der Waals surface area contributed by atoms with Crippen LogP contribution in [-0.4, -0.2) is 48.7 Å². The van der Waals surface area contributed by atoms with Gasteiger partial charge in [-0.1, -0.05) is 66.7 Å². The summed E-state index contributed by atoms with van der Waals surface area (Å²) in [5, 5.41) is 0. The Balaban J connectivity index is 1.19. The fraction of sp³-hybridized carbons (Fsp3) is 0.379. The predicted octanol–water partition coefficient (Wildman–Crippen LogP) is 5.17. The Labute approximate surface area is 197 Å². The van der Waals surface area contributed by atoms with E-state index in [1.165, 1.54) is 29.5 Å². The van der Waals surface area contributed by atoms with Crippen LogP contribution in [0.15, 0.2) is 78.9 Å². The number of ether oxygens (including phenoxy) is 2. The number of rotatable bonds is 8. The van der Waals surface area contributed by atoms with Gasteiger partial charge in [-0.15, -0.1) is 0 Å². The van der Waals surface area contributed by atoms with Crippen LogP contribution in [-0.2, 0) is 19.5 Å². The molecule has 0 bridgehead atoms. The molecule has 3 aromatic rings. The van der Waals surface area contributed by atoms with Gasteiger partial charge < -0.3 is 9.47 Å². The molecule has 0 amide bonds. The van der Waals surface area contributed by atoms with E-state index >= 15 is 0 Å². The van der Waals surface area contributed by atoms with E-state index in [1.807, 2.05) is 0 Å². The topological polar surface area (TPSA) is 24.9 Å². The Kier molecular flexibility index (Phi) is 7.24. The fourth-order valence-corrected chi connectivity index (χ4v) is 5.01. The summed E-state index contributed by atoms with van der Waals surface area (Å²) in [6.45, 7) is 6.66. The van der Waals surface area contributed by atoms with E-state index in [2.05, 4.69) is 88.7 Å². The average molecular weight is 443 g/mol. The second-order valence-electron chi connectivity index (χ2n) is 9.18. The quantitative estimate of drug-likeness (QED) is 0.481. The van der Waals surface area contributed by atoms with Crippen LogP contribution in [0.4, 0.5) is 0 Å². The Morgan fingerprint density at radius 2 is 1.39 bits per heavy atom. The molecule has 0 aliphatic carbocycles.